The van der Waals surface area contributed by atoms with Crippen LogP contribution in [0.2, 0.25) is 0 Å². The maximum Gasteiger partial charge on any atom is 0.323 e. The highest BCUT2D eigenvalue weighted by atomic mass is 19.2. The fourth-order valence-electron chi connectivity index (χ4n) is 3.31. The molecule has 1 heterocycles. The number of amides is 2. The molecule has 0 bridgehead atoms. The van der Waals surface area contributed by atoms with Gasteiger partial charge in [-0.15, -0.1) is 0 Å². The van der Waals surface area contributed by atoms with E-state index < -0.39 is 35.5 Å². The fourth-order valence-corrected chi connectivity index (χ4v) is 3.31. The van der Waals surface area contributed by atoms with Gasteiger partial charge in [-0.05, 0) is 29.7 Å². The monoisotopic (exact) mass is 417 g/mol. The lowest BCUT2D eigenvalue weighted by Gasteiger charge is -2.34. The van der Waals surface area contributed by atoms with Crippen LogP contribution in [0.25, 0.3) is 0 Å². The molecule has 1 aliphatic heterocycles. The number of carbonyl (C=O) groups excluding carboxylic acids is 3. The zero-order chi connectivity index (χ0) is 21.7. The molecule has 1 atom stereocenters. The average Bonchev–Trinajstić information content (AvgIpc) is 2.74. The zero-order valence-corrected chi connectivity index (χ0v) is 16.3. The summed E-state index contributed by atoms with van der Waals surface area (Å²) >= 11 is 0. The predicted molar refractivity (Wildman–Crippen MR) is 104 cm³/mol. The SMILES string of the molecule is COC(=O)[C@H]1Cc2ccccc2CN1CC(=O)NCC(=O)Nc1ccc(F)c(F)c1. The molecular weight excluding hydrogens is 396 g/mol. The summed E-state index contributed by atoms with van der Waals surface area (Å²) in [6.45, 7) is -0.0673. The van der Waals surface area contributed by atoms with Crippen LogP contribution in [-0.2, 0) is 32.1 Å². The number of hydrogen-bond donors (Lipinski definition) is 2. The van der Waals surface area contributed by atoms with Crippen LogP contribution < -0.4 is 10.6 Å². The van der Waals surface area contributed by atoms with E-state index in [0.29, 0.717) is 13.0 Å². The van der Waals surface area contributed by atoms with Crippen LogP contribution in [0.3, 0.4) is 0 Å². The van der Waals surface area contributed by atoms with Crippen molar-refractivity contribution in [1.82, 2.24) is 10.2 Å². The second-order valence-corrected chi connectivity index (χ2v) is 6.87. The molecule has 0 spiro atoms. The summed E-state index contributed by atoms with van der Waals surface area (Å²) < 4.78 is 31.0. The lowest BCUT2D eigenvalue weighted by atomic mass is 9.94. The first-order chi connectivity index (χ1) is 14.4. The Morgan fingerprint density at radius 3 is 2.50 bits per heavy atom. The van der Waals surface area contributed by atoms with Crippen LogP contribution in [0.15, 0.2) is 42.5 Å². The molecular formula is C21H21F2N3O4. The molecule has 158 valence electrons. The smallest absolute Gasteiger partial charge is 0.323 e. The maximum atomic E-state index is 13.2. The maximum absolute atomic E-state index is 13.2. The molecule has 2 amide bonds. The molecule has 1 aliphatic rings. The highest BCUT2D eigenvalue weighted by Gasteiger charge is 2.33. The Morgan fingerprint density at radius 2 is 1.80 bits per heavy atom. The summed E-state index contributed by atoms with van der Waals surface area (Å²) in [4.78, 5) is 38.2. The van der Waals surface area contributed by atoms with Crippen molar-refractivity contribution in [3.05, 3.63) is 65.2 Å². The minimum atomic E-state index is -1.09. The minimum absolute atomic E-state index is 0.0755. The van der Waals surface area contributed by atoms with Crippen molar-refractivity contribution >= 4 is 23.5 Å². The number of esters is 1. The van der Waals surface area contributed by atoms with Crippen molar-refractivity contribution in [2.45, 2.75) is 19.0 Å². The third-order valence-corrected chi connectivity index (χ3v) is 4.82. The summed E-state index contributed by atoms with van der Waals surface area (Å²) in [5.41, 5.74) is 2.11. The van der Waals surface area contributed by atoms with Crippen LogP contribution in [0.4, 0.5) is 14.5 Å². The lowest BCUT2D eigenvalue weighted by molar-refractivity contribution is -0.148. The van der Waals surface area contributed by atoms with Crippen LogP contribution in [-0.4, -0.2) is 48.9 Å². The molecule has 0 unspecified atom stereocenters. The van der Waals surface area contributed by atoms with Gasteiger partial charge in [-0.25, -0.2) is 8.78 Å². The number of rotatable bonds is 6. The Bertz CT molecular complexity index is 967. The highest BCUT2D eigenvalue weighted by molar-refractivity contribution is 5.94. The highest BCUT2D eigenvalue weighted by Crippen LogP contribution is 2.23. The Kier molecular flexibility index (Phi) is 6.73. The Labute approximate surface area is 172 Å². The zero-order valence-electron chi connectivity index (χ0n) is 16.3. The number of methoxy groups -OCH3 is 1. The molecule has 2 aromatic rings. The van der Waals surface area contributed by atoms with E-state index in [-0.39, 0.29) is 18.8 Å². The lowest BCUT2D eigenvalue weighted by Crippen LogP contribution is -2.50. The van der Waals surface area contributed by atoms with Gasteiger partial charge >= 0.3 is 5.97 Å². The molecule has 30 heavy (non-hydrogen) atoms. The summed E-state index contributed by atoms with van der Waals surface area (Å²) in [7, 11) is 1.30. The molecule has 2 N–H and O–H groups in total. The molecule has 3 rings (SSSR count). The number of ether oxygens (including phenoxy) is 1. The fraction of sp³-hybridized carbons (Fsp3) is 0.286. The van der Waals surface area contributed by atoms with E-state index in [4.69, 9.17) is 4.74 Å². The minimum Gasteiger partial charge on any atom is -0.468 e. The van der Waals surface area contributed by atoms with Gasteiger partial charge in [0.2, 0.25) is 11.8 Å². The number of halogens is 2. The molecule has 0 saturated carbocycles. The van der Waals surface area contributed by atoms with Gasteiger partial charge in [0.15, 0.2) is 11.6 Å². The third kappa shape index (κ3) is 5.18. The predicted octanol–water partition coefficient (Wildman–Crippen LogP) is 1.62. The first-order valence-corrected chi connectivity index (χ1v) is 9.27. The van der Waals surface area contributed by atoms with Gasteiger partial charge in [-0.1, -0.05) is 24.3 Å². The number of nitrogens with zero attached hydrogens (tertiary/aromatic N) is 1. The van der Waals surface area contributed by atoms with Crippen LogP contribution >= 0.6 is 0 Å². The van der Waals surface area contributed by atoms with Gasteiger partial charge in [0, 0.05) is 18.3 Å². The number of nitrogens with one attached hydrogen (secondary N) is 2. The van der Waals surface area contributed by atoms with Crippen molar-refractivity contribution in [2.24, 2.45) is 0 Å². The summed E-state index contributed by atoms with van der Waals surface area (Å²) in [5.74, 6) is -3.60. The first-order valence-electron chi connectivity index (χ1n) is 9.27. The number of carbonyl (C=O) groups is 3. The van der Waals surface area contributed by atoms with E-state index in [1.54, 1.807) is 4.90 Å². The van der Waals surface area contributed by atoms with E-state index in [1.807, 2.05) is 24.3 Å². The summed E-state index contributed by atoms with van der Waals surface area (Å²) in [6, 6.07) is 10.00. The van der Waals surface area contributed by atoms with Crippen molar-refractivity contribution in [3.8, 4) is 0 Å². The van der Waals surface area contributed by atoms with Gasteiger partial charge in [-0.2, -0.15) is 0 Å². The molecule has 9 heteroatoms. The van der Waals surface area contributed by atoms with E-state index in [1.165, 1.54) is 13.2 Å². The Hall–Kier alpha value is -3.33. The Morgan fingerprint density at radius 1 is 1.07 bits per heavy atom. The van der Waals surface area contributed by atoms with Gasteiger partial charge in [-0.3, -0.25) is 19.3 Å². The van der Waals surface area contributed by atoms with Crippen LogP contribution in [0.1, 0.15) is 11.1 Å². The number of anilines is 1. The second-order valence-electron chi connectivity index (χ2n) is 6.87. The molecule has 0 aliphatic carbocycles. The van der Waals surface area contributed by atoms with Gasteiger partial charge < -0.3 is 15.4 Å². The van der Waals surface area contributed by atoms with Crippen molar-refractivity contribution in [3.63, 3.8) is 0 Å². The molecule has 0 saturated heterocycles. The number of fused-ring (bicyclic) bond motifs is 1. The second kappa shape index (κ2) is 9.45. The molecule has 0 fully saturated rings. The summed E-state index contributed by atoms with van der Waals surface area (Å²) in [5, 5.41) is 4.83. The quantitative estimate of drug-likeness (QED) is 0.698. The van der Waals surface area contributed by atoms with Gasteiger partial charge in [0.05, 0.1) is 20.2 Å². The Balaban J connectivity index is 1.56. The van der Waals surface area contributed by atoms with Crippen molar-refractivity contribution in [2.75, 3.05) is 25.5 Å². The average molecular weight is 417 g/mol. The van der Waals surface area contributed by atoms with E-state index in [9.17, 15) is 23.2 Å². The third-order valence-electron chi connectivity index (χ3n) is 4.82. The topological polar surface area (TPSA) is 87.7 Å². The normalized spacial score (nSPS) is 15.8. The number of benzene rings is 2. The van der Waals surface area contributed by atoms with E-state index in [0.717, 1.165) is 23.3 Å². The van der Waals surface area contributed by atoms with E-state index >= 15 is 0 Å². The molecule has 0 aromatic heterocycles. The summed E-state index contributed by atoms with van der Waals surface area (Å²) in [6.07, 6.45) is 0.423. The molecule has 0 radical (unpaired) electrons. The van der Waals surface area contributed by atoms with Crippen molar-refractivity contribution in [1.29, 1.82) is 0 Å². The van der Waals surface area contributed by atoms with E-state index in [2.05, 4.69) is 10.6 Å². The standard InChI is InChI=1S/C21H21F2N3O4/c1-30-21(29)18-8-13-4-2-3-5-14(13)11-26(18)12-20(28)24-10-19(27)25-15-6-7-16(22)17(23)9-15/h2-7,9,18H,8,10-12H2,1H3,(H,24,28)(H,25,27)/t18-/m1/s1. The van der Waals surface area contributed by atoms with Crippen LogP contribution in [0, 0.1) is 11.6 Å². The van der Waals surface area contributed by atoms with Gasteiger partial charge in [0.25, 0.3) is 0 Å². The van der Waals surface area contributed by atoms with Gasteiger partial charge in [0.1, 0.15) is 6.04 Å². The van der Waals surface area contributed by atoms with Crippen LogP contribution in [0.5, 0.6) is 0 Å². The molecule has 7 nitrogen and oxygen atoms in total. The van der Waals surface area contributed by atoms with Crippen molar-refractivity contribution < 1.29 is 27.9 Å². The first kappa shape index (κ1) is 21.4. The largest absolute Gasteiger partial charge is 0.468 e. The number of hydrogen-bond acceptors (Lipinski definition) is 5. The molecule has 2 aromatic carbocycles.